The van der Waals surface area contributed by atoms with Crippen molar-refractivity contribution in [2.45, 2.75) is 31.2 Å². The fourth-order valence-corrected chi connectivity index (χ4v) is 4.57. The van der Waals surface area contributed by atoms with Gasteiger partial charge in [-0.05, 0) is 18.9 Å². The van der Waals surface area contributed by atoms with Crippen LogP contribution in [-0.2, 0) is 11.0 Å². The highest BCUT2D eigenvalue weighted by Crippen LogP contribution is 2.46. The van der Waals surface area contributed by atoms with Crippen LogP contribution in [0, 0.1) is 5.41 Å². The lowest BCUT2D eigenvalue weighted by Gasteiger charge is -2.32. The van der Waals surface area contributed by atoms with E-state index in [1.165, 1.54) is 12.1 Å². The molecule has 0 spiro atoms. The number of aliphatic hydroxyl groups is 1. The van der Waals surface area contributed by atoms with Gasteiger partial charge in [-0.2, -0.15) is 18.2 Å². The molecular formula is C26H21F3N4O6. The lowest BCUT2D eigenvalue weighted by molar-refractivity contribution is -0.143. The van der Waals surface area contributed by atoms with Crippen molar-refractivity contribution in [1.29, 1.82) is 0 Å². The predicted octanol–water partition coefficient (Wildman–Crippen LogP) is 4.33. The maximum atomic E-state index is 14.0. The van der Waals surface area contributed by atoms with E-state index in [1.54, 1.807) is 36.4 Å². The van der Waals surface area contributed by atoms with Gasteiger partial charge in [-0.15, -0.1) is 0 Å². The summed E-state index contributed by atoms with van der Waals surface area (Å²) in [6, 6.07) is 12.0. The van der Waals surface area contributed by atoms with Crippen molar-refractivity contribution in [1.82, 2.24) is 20.6 Å². The molecule has 3 heterocycles. The number of hydrogen-bond donors (Lipinski definition) is 3. The lowest BCUT2D eigenvalue weighted by atomic mass is 9.96. The number of ether oxygens (including phenoxy) is 1. The van der Waals surface area contributed by atoms with Crippen molar-refractivity contribution in [2.24, 2.45) is 5.41 Å². The molecule has 0 unspecified atom stereocenters. The van der Waals surface area contributed by atoms with Gasteiger partial charge in [0.05, 0.1) is 11.5 Å². The molecule has 2 aromatic heterocycles. The first-order valence-electron chi connectivity index (χ1n) is 12.0. The molecule has 1 aliphatic carbocycles. The highest BCUT2D eigenvalue weighted by Gasteiger charge is 2.50. The first-order valence-corrected chi connectivity index (χ1v) is 12.0. The molecule has 13 heteroatoms. The third kappa shape index (κ3) is 4.53. The smallest absolute Gasteiger partial charge is 0.422 e. The molecular weight excluding hydrogens is 521 g/mol. The Morgan fingerprint density at radius 2 is 1.85 bits per heavy atom. The Morgan fingerprint density at radius 1 is 1.08 bits per heavy atom. The summed E-state index contributed by atoms with van der Waals surface area (Å²) in [4.78, 5) is 15.5. The van der Waals surface area contributed by atoms with E-state index in [-0.39, 0.29) is 24.5 Å². The summed E-state index contributed by atoms with van der Waals surface area (Å²) in [6.45, 7) is 0.306. The number of rotatable bonds is 7. The van der Waals surface area contributed by atoms with E-state index >= 15 is 0 Å². The third-order valence-electron chi connectivity index (χ3n) is 7.04. The van der Waals surface area contributed by atoms with Crippen molar-refractivity contribution in [3.63, 3.8) is 0 Å². The van der Waals surface area contributed by atoms with Gasteiger partial charge in [-0.1, -0.05) is 52.8 Å². The molecule has 1 aliphatic heterocycles. The third-order valence-corrected chi connectivity index (χ3v) is 7.04. The molecule has 0 amide bonds. The fourth-order valence-electron chi connectivity index (χ4n) is 4.57. The number of carboxylic acid groups (broad SMARTS) is 1. The standard InChI is InChI=1S/C26H21F3N4O6/c27-26(28,29)18-19(13-4-2-1-3-5-13)32-38-21(18)23-31-22(33-39-23)14-6-7-15-17(10-14)37-11-16(20(15)34)30-12-25(8-9-25)24(35)36/h1-7,10,16,20,30,34H,8-9,11-12H2,(H,35,36)/t16-,20-/m0/s1. The maximum Gasteiger partial charge on any atom is 0.422 e. The van der Waals surface area contributed by atoms with Crippen molar-refractivity contribution < 1.29 is 42.0 Å². The summed E-state index contributed by atoms with van der Waals surface area (Å²) in [5, 5.41) is 30.7. The maximum absolute atomic E-state index is 14.0. The van der Waals surface area contributed by atoms with Crippen LogP contribution in [0.2, 0.25) is 0 Å². The van der Waals surface area contributed by atoms with Gasteiger partial charge in [0, 0.05) is 23.2 Å². The molecule has 0 bridgehead atoms. The van der Waals surface area contributed by atoms with Gasteiger partial charge in [0.25, 0.3) is 5.89 Å². The van der Waals surface area contributed by atoms with Gasteiger partial charge in [0.15, 0.2) is 0 Å². The van der Waals surface area contributed by atoms with Crippen LogP contribution in [0.25, 0.3) is 34.3 Å². The van der Waals surface area contributed by atoms with Crippen LogP contribution >= 0.6 is 0 Å². The molecule has 0 saturated heterocycles. The summed E-state index contributed by atoms with van der Waals surface area (Å²) < 4.78 is 57.9. The lowest BCUT2D eigenvalue weighted by Crippen LogP contribution is -2.46. The minimum absolute atomic E-state index is 0.0194. The first kappa shape index (κ1) is 25.1. The molecule has 1 saturated carbocycles. The van der Waals surface area contributed by atoms with Crippen molar-refractivity contribution in [3.05, 3.63) is 59.7 Å². The summed E-state index contributed by atoms with van der Waals surface area (Å²) in [6.07, 6.45) is -4.61. The second-order valence-corrected chi connectivity index (χ2v) is 9.60. The zero-order valence-corrected chi connectivity index (χ0v) is 20.1. The number of alkyl halides is 3. The van der Waals surface area contributed by atoms with Gasteiger partial charge >= 0.3 is 12.1 Å². The van der Waals surface area contributed by atoms with Crippen LogP contribution in [0.4, 0.5) is 13.2 Å². The van der Waals surface area contributed by atoms with E-state index < -0.39 is 52.6 Å². The van der Waals surface area contributed by atoms with Crippen LogP contribution < -0.4 is 10.1 Å². The molecule has 202 valence electrons. The first-order chi connectivity index (χ1) is 18.7. The largest absolute Gasteiger partial charge is 0.491 e. The van der Waals surface area contributed by atoms with E-state index in [1.807, 2.05) is 0 Å². The topological polar surface area (TPSA) is 144 Å². The molecule has 2 aliphatic rings. The van der Waals surface area contributed by atoms with E-state index in [9.17, 15) is 28.2 Å². The van der Waals surface area contributed by atoms with E-state index in [0.29, 0.717) is 29.7 Å². The van der Waals surface area contributed by atoms with Gasteiger partial charge < -0.3 is 29.3 Å². The van der Waals surface area contributed by atoms with Gasteiger partial charge in [0.2, 0.25) is 11.6 Å². The Hall–Kier alpha value is -4.23. The van der Waals surface area contributed by atoms with Crippen molar-refractivity contribution in [3.8, 4) is 40.0 Å². The summed E-state index contributed by atoms with van der Waals surface area (Å²) in [5.41, 5.74) is -1.26. The van der Waals surface area contributed by atoms with E-state index in [2.05, 4.69) is 20.6 Å². The number of nitrogens with one attached hydrogen (secondary N) is 1. The highest BCUT2D eigenvalue weighted by atomic mass is 19.4. The zero-order valence-electron chi connectivity index (χ0n) is 20.1. The second kappa shape index (κ2) is 9.20. The van der Waals surface area contributed by atoms with Gasteiger partial charge in [-0.25, -0.2) is 0 Å². The molecule has 3 N–H and O–H groups in total. The molecule has 1 fully saturated rings. The quantitative estimate of drug-likeness (QED) is 0.309. The van der Waals surface area contributed by atoms with Crippen molar-refractivity contribution in [2.75, 3.05) is 13.2 Å². The van der Waals surface area contributed by atoms with E-state index in [4.69, 9.17) is 13.8 Å². The number of aromatic nitrogens is 3. The van der Waals surface area contributed by atoms with Gasteiger partial charge in [-0.3, -0.25) is 4.79 Å². The molecule has 0 radical (unpaired) electrons. The van der Waals surface area contributed by atoms with E-state index in [0.717, 1.165) is 0 Å². The number of hydrogen-bond acceptors (Lipinski definition) is 9. The summed E-state index contributed by atoms with van der Waals surface area (Å²) in [5.74, 6) is -1.75. The fraction of sp³-hybridized carbons (Fsp3) is 0.308. The molecule has 6 rings (SSSR count). The SMILES string of the molecule is O=C(O)C1(CN[C@H]2COc3cc(-c4noc(-c5onc(-c6ccccc6)c5C(F)(F)F)n4)ccc3[C@@H]2O)CC1. The minimum Gasteiger partial charge on any atom is -0.491 e. The number of carboxylic acids is 1. The van der Waals surface area contributed by atoms with Crippen LogP contribution in [0.1, 0.15) is 30.1 Å². The Morgan fingerprint density at radius 3 is 2.54 bits per heavy atom. The average Bonchev–Trinajstić information content (AvgIpc) is 3.33. The number of carbonyl (C=O) groups is 1. The number of aliphatic carboxylic acids is 1. The Balaban J connectivity index is 1.24. The second-order valence-electron chi connectivity index (χ2n) is 9.60. The van der Waals surface area contributed by atoms with Crippen molar-refractivity contribution >= 4 is 5.97 Å². The molecule has 2 atom stereocenters. The Labute approximate surface area is 218 Å². The van der Waals surface area contributed by atoms with Crippen LogP contribution in [0.15, 0.2) is 57.6 Å². The highest BCUT2D eigenvalue weighted by molar-refractivity contribution is 5.78. The zero-order chi connectivity index (χ0) is 27.4. The normalized spacial score (nSPS) is 19.8. The van der Waals surface area contributed by atoms with Crippen LogP contribution in [-0.4, -0.2) is 50.7 Å². The van der Waals surface area contributed by atoms with Crippen LogP contribution in [0.3, 0.4) is 0 Å². The molecule has 39 heavy (non-hydrogen) atoms. The number of fused-ring (bicyclic) bond motifs is 1. The van der Waals surface area contributed by atoms with Crippen LogP contribution in [0.5, 0.6) is 5.75 Å². The number of benzene rings is 2. The monoisotopic (exact) mass is 542 g/mol. The van der Waals surface area contributed by atoms with Gasteiger partial charge in [0.1, 0.15) is 29.7 Å². The number of nitrogens with zero attached hydrogens (tertiary/aromatic N) is 3. The molecule has 2 aromatic carbocycles. The Kier molecular flexibility index (Phi) is 5.92. The molecule has 10 nitrogen and oxygen atoms in total. The minimum atomic E-state index is -4.81. The Bertz CT molecular complexity index is 1530. The number of halogens is 3. The average molecular weight is 542 g/mol. The summed E-state index contributed by atoms with van der Waals surface area (Å²) in [7, 11) is 0. The predicted molar refractivity (Wildman–Crippen MR) is 127 cm³/mol. The summed E-state index contributed by atoms with van der Waals surface area (Å²) >= 11 is 0. The molecule has 4 aromatic rings. The number of aliphatic hydroxyl groups excluding tert-OH is 1.